The third-order valence-electron chi connectivity index (χ3n) is 2.97. The summed E-state index contributed by atoms with van der Waals surface area (Å²) in [4.78, 5) is 2.23. The smallest absolute Gasteiger partial charge is 0.0674 e. The van der Waals surface area contributed by atoms with Crippen LogP contribution in [0.4, 0.5) is 0 Å². The van der Waals surface area contributed by atoms with Gasteiger partial charge in [-0.15, -0.1) is 0 Å². The fourth-order valence-electron chi connectivity index (χ4n) is 1.71. The largest absolute Gasteiger partial charge is 0.377 e. The van der Waals surface area contributed by atoms with Gasteiger partial charge in [-0.05, 0) is 59.7 Å². The molecule has 0 amide bonds. The third kappa shape index (κ3) is 13.4. The quantitative estimate of drug-likeness (QED) is 0.298. The molecule has 19 heavy (non-hydrogen) atoms. The highest BCUT2D eigenvalue weighted by atomic mass is 16.5. The topological polar surface area (TPSA) is 12.5 Å². The predicted octanol–water partition coefficient (Wildman–Crippen LogP) is 4.20. The molecule has 0 heterocycles. The number of unbranched alkanes of at least 4 members (excludes halogenated alkanes) is 2. The Kier molecular flexibility index (Phi) is 11.6. The average Bonchev–Trinajstić information content (AvgIpc) is 2.37. The van der Waals surface area contributed by atoms with E-state index in [1.165, 1.54) is 25.0 Å². The van der Waals surface area contributed by atoms with Gasteiger partial charge >= 0.3 is 0 Å². The molecule has 0 fully saturated rings. The number of allylic oxidation sites excluding steroid dienone is 3. The summed E-state index contributed by atoms with van der Waals surface area (Å²) in [6.45, 7) is 12.5. The van der Waals surface area contributed by atoms with Gasteiger partial charge in [-0.3, -0.25) is 0 Å². The molecule has 0 atom stereocenters. The van der Waals surface area contributed by atoms with Crippen LogP contribution >= 0.6 is 0 Å². The molecule has 0 N–H and O–H groups in total. The van der Waals surface area contributed by atoms with Crippen molar-refractivity contribution in [3.8, 4) is 0 Å². The van der Waals surface area contributed by atoms with Gasteiger partial charge in [0.05, 0.1) is 6.61 Å². The molecule has 0 aromatic rings. The first-order valence-electron chi connectivity index (χ1n) is 7.24. The van der Waals surface area contributed by atoms with Gasteiger partial charge < -0.3 is 9.64 Å². The number of ether oxygens (including phenoxy) is 1. The second kappa shape index (κ2) is 12.2. The SMILES string of the molecule is C=CC(=C)CC/C=C(/C)COCCCCCN(C)C. The third-order valence-corrected chi connectivity index (χ3v) is 2.97. The zero-order valence-corrected chi connectivity index (χ0v) is 13.1. The van der Waals surface area contributed by atoms with Crippen LogP contribution in [-0.2, 0) is 4.74 Å². The molecule has 0 saturated heterocycles. The maximum Gasteiger partial charge on any atom is 0.0674 e. The van der Waals surface area contributed by atoms with Crippen molar-refractivity contribution in [2.45, 2.75) is 39.0 Å². The molecule has 110 valence electrons. The molecule has 0 aliphatic carbocycles. The van der Waals surface area contributed by atoms with Crippen LogP contribution in [0.25, 0.3) is 0 Å². The minimum atomic E-state index is 0.758. The van der Waals surface area contributed by atoms with Crippen molar-refractivity contribution in [2.75, 3.05) is 33.9 Å². The standard InChI is InChI=1S/C17H31NO/c1-6-16(2)11-10-12-17(3)15-19-14-9-7-8-13-18(4)5/h6,12H,1-2,7-11,13-15H2,3-5H3/b17-12-. The maximum atomic E-state index is 5.66. The lowest BCUT2D eigenvalue weighted by Crippen LogP contribution is -2.12. The minimum absolute atomic E-state index is 0.758. The van der Waals surface area contributed by atoms with E-state index in [9.17, 15) is 0 Å². The summed E-state index contributed by atoms with van der Waals surface area (Å²) >= 11 is 0. The number of hydrogen-bond donors (Lipinski definition) is 0. The van der Waals surface area contributed by atoms with Crippen LogP contribution in [0, 0.1) is 0 Å². The second-order valence-corrected chi connectivity index (χ2v) is 5.37. The Morgan fingerprint density at radius 1 is 1.21 bits per heavy atom. The highest BCUT2D eigenvalue weighted by Crippen LogP contribution is 2.06. The first-order valence-corrected chi connectivity index (χ1v) is 7.24. The average molecular weight is 265 g/mol. The molecule has 0 aromatic carbocycles. The first kappa shape index (κ1) is 18.1. The van der Waals surface area contributed by atoms with E-state index in [1.54, 1.807) is 0 Å². The summed E-state index contributed by atoms with van der Waals surface area (Å²) in [7, 11) is 4.23. The van der Waals surface area contributed by atoms with E-state index < -0.39 is 0 Å². The zero-order valence-electron chi connectivity index (χ0n) is 13.1. The van der Waals surface area contributed by atoms with Gasteiger partial charge in [0, 0.05) is 6.61 Å². The Labute approximate surface area is 119 Å². The van der Waals surface area contributed by atoms with E-state index >= 15 is 0 Å². The molecule has 0 radical (unpaired) electrons. The Bertz CT molecular complexity index is 279. The van der Waals surface area contributed by atoms with Crippen molar-refractivity contribution < 1.29 is 4.74 Å². The van der Waals surface area contributed by atoms with Crippen molar-refractivity contribution in [3.63, 3.8) is 0 Å². The van der Waals surface area contributed by atoms with Gasteiger partial charge in [0.1, 0.15) is 0 Å². The lowest BCUT2D eigenvalue weighted by Gasteiger charge is -2.09. The van der Waals surface area contributed by atoms with Gasteiger partial charge in [0.25, 0.3) is 0 Å². The monoisotopic (exact) mass is 265 g/mol. The van der Waals surface area contributed by atoms with Crippen LogP contribution in [0.2, 0.25) is 0 Å². The molecular formula is C17H31NO. The fraction of sp³-hybridized carbons (Fsp3) is 0.647. The minimum Gasteiger partial charge on any atom is -0.377 e. The summed E-state index contributed by atoms with van der Waals surface area (Å²) in [6, 6.07) is 0. The molecule has 0 saturated carbocycles. The van der Waals surface area contributed by atoms with Crippen LogP contribution in [-0.4, -0.2) is 38.8 Å². The van der Waals surface area contributed by atoms with E-state index in [-0.39, 0.29) is 0 Å². The van der Waals surface area contributed by atoms with E-state index in [1.807, 2.05) is 6.08 Å². The van der Waals surface area contributed by atoms with E-state index in [0.29, 0.717) is 0 Å². The van der Waals surface area contributed by atoms with E-state index in [0.717, 1.165) is 38.0 Å². The highest BCUT2D eigenvalue weighted by molar-refractivity contribution is 5.12. The molecule has 0 aromatic heterocycles. The van der Waals surface area contributed by atoms with Gasteiger partial charge in [-0.1, -0.05) is 36.5 Å². The Morgan fingerprint density at radius 2 is 1.95 bits per heavy atom. The molecule has 0 bridgehead atoms. The maximum absolute atomic E-state index is 5.66. The Hall–Kier alpha value is -0.860. The van der Waals surface area contributed by atoms with Gasteiger partial charge in [-0.2, -0.15) is 0 Å². The molecule has 0 aliphatic rings. The molecular weight excluding hydrogens is 234 g/mol. The van der Waals surface area contributed by atoms with E-state index in [4.69, 9.17) is 4.74 Å². The molecule has 0 unspecified atom stereocenters. The molecule has 0 aliphatic heterocycles. The molecule has 0 spiro atoms. The van der Waals surface area contributed by atoms with Crippen LogP contribution < -0.4 is 0 Å². The van der Waals surface area contributed by atoms with Crippen molar-refractivity contribution in [1.29, 1.82) is 0 Å². The summed E-state index contributed by atoms with van der Waals surface area (Å²) < 4.78 is 5.66. The van der Waals surface area contributed by atoms with Crippen molar-refractivity contribution >= 4 is 0 Å². The summed E-state index contributed by atoms with van der Waals surface area (Å²) in [6.07, 6.45) is 9.76. The predicted molar refractivity (Wildman–Crippen MR) is 85.6 cm³/mol. The number of nitrogens with zero attached hydrogens (tertiary/aromatic N) is 1. The first-order chi connectivity index (χ1) is 9.06. The number of hydrogen-bond acceptors (Lipinski definition) is 2. The fourth-order valence-corrected chi connectivity index (χ4v) is 1.71. The van der Waals surface area contributed by atoms with Crippen LogP contribution in [0.5, 0.6) is 0 Å². The molecule has 2 heteroatoms. The van der Waals surface area contributed by atoms with E-state index in [2.05, 4.69) is 45.2 Å². The lowest BCUT2D eigenvalue weighted by molar-refractivity contribution is 0.150. The molecule has 0 rings (SSSR count). The van der Waals surface area contributed by atoms with Crippen LogP contribution in [0.15, 0.2) is 36.5 Å². The van der Waals surface area contributed by atoms with Gasteiger partial charge in [0.2, 0.25) is 0 Å². The Balaban J connectivity index is 3.42. The van der Waals surface area contributed by atoms with Crippen LogP contribution in [0.1, 0.15) is 39.0 Å². The summed E-state index contributed by atoms with van der Waals surface area (Å²) in [5.41, 5.74) is 2.41. The van der Waals surface area contributed by atoms with Crippen LogP contribution in [0.3, 0.4) is 0 Å². The normalized spacial score (nSPS) is 11.9. The van der Waals surface area contributed by atoms with Gasteiger partial charge in [-0.25, -0.2) is 0 Å². The zero-order chi connectivity index (χ0) is 14.5. The summed E-state index contributed by atoms with van der Waals surface area (Å²) in [5.74, 6) is 0. The second-order valence-electron chi connectivity index (χ2n) is 5.37. The Morgan fingerprint density at radius 3 is 2.58 bits per heavy atom. The summed E-state index contributed by atoms with van der Waals surface area (Å²) in [5, 5.41) is 0. The van der Waals surface area contributed by atoms with Gasteiger partial charge in [0.15, 0.2) is 0 Å². The number of rotatable bonds is 12. The molecule has 2 nitrogen and oxygen atoms in total. The van der Waals surface area contributed by atoms with Crippen molar-refractivity contribution in [1.82, 2.24) is 4.90 Å². The lowest BCUT2D eigenvalue weighted by atomic mass is 10.1. The highest BCUT2D eigenvalue weighted by Gasteiger charge is 1.94. The van der Waals surface area contributed by atoms with Crippen molar-refractivity contribution in [3.05, 3.63) is 36.5 Å². The van der Waals surface area contributed by atoms with Crippen molar-refractivity contribution in [2.24, 2.45) is 0 Å².